The van der Waals surface area contributed by atoms with E-state index in [4.69, 9.17) is 0 Å². The molecule has 2 aromatic rings. The first-order valence-corrected chi connectivity index (χ1v) is 12.0. The van der Waals surface area contributed by atoms with E-state index in [1.165, 1.54) is 36.3 Å². The minimum Gasteiger partial charge on any atom is -0.355 e. The average Bonchev–Trinajstić information content (AvgIpc) is 3.12. The van der Waals surface area contributed by atoms with Crippen LogP contribution in [0.3, 0.4) is 0 Å². The van der Waals surface area contributed by atoms with Gasteiger partial charge in [0.1, 0.15) is 5.01 Å². The Morgan fingerprint density at radius 2 is 1.90 bits per heavy atom. The van der Waals surface area contributed by atoms with Gasteiger partial charge in [0.15, 0.2) is 0 Å². The fourth-order valence-electron chi connectivity index (χ4n) is 5.74. The molecule has 1 aromatic carbocycles. The predicted molar refractivity (Wildman–Crippen MR) is 117 cm³/mol. The van der Waals surface area contributed by atoms with Gasteiger partial charge in [0.2, 0.25) is 5.91 Å². The van der Waals surface area contributed by atoms with Crippen molar-refractivity contribution in [3.8, 4) is 0 Å². The lowest BCUT2D eigenvalue weighted by Crippen LogP contribution is -2.41. The van der Waals surface area contributed by atoms with Crippen LogP contribution >= 0.6 is 11.3 Å². The van der Waals surface area contributed by atoms with E-state index >= 15 is 0 Å². The van der Waals surface area contributed by atoms with Crippen molar-refractivity contribution in [3.05, 3.63) is 52.5 Å². The number of thiazole rings is 1. The lowest BCUT2D eigenvalue weighted by Gasteiger charge is -2.33. The quantitative estimate of drug-likeness (QED) is 0.770. The van der Waals surface area contributed by atoms with Crippen LogP contribution < -0.4 is 5.32 Å². The van der Waals surface area contributed by atoms with Gasteiger partial charge in [0.05, 0.1) is 6.54 Å². The normalized spacial score (nSPS) is 25.2. The maximum absolute atomic E-state index is 13.0. The summed E-state index contributed by atoms with van der Waals surface area (Å²) >= 11 is 1.74. The Labute approximate surface area is 177 Å². The maximum atomic E-state index is 13.0. The third-order valence-electron chi connectivity index (χ3n) is 7.75. The number of hydrogen-bond acceptors (Lipinski definition) is 4. The lowest BCUT2D eigenvalue weighted by molar-refractivity contribution is -0.123. The standard InChI is InChI=1S/C24H31N3OS/c28-22(26-18-24(8-4-5-9-24)19-6-2-1-3-7-19)20-16-23(20)10-13-27(14-11-23)17-21-25-12-15-29-21/h1-3,6-7,12,15,20H,4-5,8-11,13-14,16-18H2,(H,26,28)/t20-/m1/s1. The first kappa shape index (κ1) is 19.3. The van der Waals surface area contributed by atoms with Gasteiger partial charge in [0.25, 0.3) is 0 Å². The molecule has 5 rings (SSSR count). The number of aromatic nitrogens is 1. The second-order valence-electron chi connectivity index (χ2n) is 9.39. The van der Waals surface area contributed by atoms with Crippen LogP contribution in [0.4, 0.5) is 0 Å². The fraction of sp³-hybridized carbons (Fsp3) is 0.583. The van der Waals surface area contributed by atoms with E-state index in [9.17, 15) is 4.79 Å². The molecule has 3 aliphatic rings. The van der Waals surface area contributed by atoms with E-state index in [0.29, 0.717) is 5.91 Å². The number of carbonyl (C=O) groups excluding carboxylic acids is 1. The molecule has 2 saturated carbocycles. The Hall–Kier alpha value is -1.72. The summed E-state index contributed by atoms with van der Waals surface area (Å²) in [5.74, 6) is 0.541. The van der Waals surface area contributed by atoms with E-state index in [-0.39, 0.29) is 16.7 Å². The van der Waals surface area contributed by atoms with Gasteiger partial charge in [-0.2, -0.15) is 0 Å². The van der Waals surface area contributed by atoms with E-state index in [1.54, 1.807) is 11.3 Å². The number of nitrogens with one attached hydrogen (secondary N) is 1. The van der Waals surface area contributed by atoms with E-state index in [2.05, 4.69) is 50.9 Å². The number of likely N-dealkylation sites (tertiary alicyclic amines) is 1. The molecule has 1 amide bonds. The second kappa shape index (κ2) is 7.84. The van der Waals surface area contributed by atoms with Crippen molar-refractivity contribution in [2.45, 2.75) is 56.9 Å². The van der Waals surface area contributed by atoms with Crippen molar-refractivity contribution in [2.24, 2.45) is 11.3 Å². The maximum Gasteiger partial charge on any atom is 0.223 e. The first-order chi connectivity index (χ1) is 14.2. The summed E-state index contributed by atoms with van der Waals surface area (Å²) in [6.45, 7) is 3.96. The average molecular weight is 410 g/mol. The van der Waals surface area contributed by atoms with Gasteiger partial charge in [-0.25, -0.2) is 4.98 Å². The van der Waals surface area contributed by atoms with Crippen molar-refractivity contribution in [2.75, 3.05) is 19.6 Å². The van der Waals surface area contributed by atoms with E-state index < -0.39 is 0 Å². The zero-order valence-corrected chi connectivity index (χ0v) is 17.9. The Kier molecular flexibility index (Phi) is 5.21. The zero-order valence-electron chi connectivity index (χ0n) is 17.1. The Morgan fingerprint density at radius 3 is 2.59 bits per heavy atom. The molecule has 1 aromatic heterocycles. The smallest absolute Gasteiger partial charge is 0.223 e. The second-order valence-corrected chi connectivity index (χ2v) is 10.4. The minimum absolute atomic E-state index is 0.149. The van der Waals surface area contributed by atoms with Crippen LogP contribution in [-0.2, 0) is 16.8 Å². The van der Waals surface area contributed by atoms with E-state index in [0.717, 1.165) is 45.4 Å². The topological polar surface area (TPSA) is 45.2 Å². The third-order valence-corrected chi connectivity index (χ3v) is 8.51. The molecule has 0 unspecified atom stereocenters. The van der Waals surface area contributed by atoms with Crippen molar-refractivity contribution < 1.29 is 4.79 Å². The molecule has 1 N–H and O–H groups in total. The van der Waals surface area contributed by atoms with Crippen LogP contribution in [0.15, 0.2) is 41.9 Å². The summed E-state index contributed by atoms with van der Waals surface area (Å²) in [4.78, 5) is 19.9. The number of benzene rings is 1. The largest absolute Gasteiger partial charge is 0.355 e. The van der Waals surface area contributed by atoms with Gasteiger partial charge in [-0.15, -0.1) is 11.3 Å². The van der Waals surface area contributed by atoms with Crippen LogP contribution in [0.1, 0.15) is 55.5 Å². The Balaban J connectivity index is 1.15. The first-order valence-electron chi connectivity index (χ1n) is 11.1. The molecular weight excluding hydrogens is 378 g/mol. The molecule has 154 valence electrons. The van der Waals surface area contributed by atoms with Crippen molar-refractivity contribution in [3.63, 3.8) is 0 Å². The molecule has 1 aliphatic heterocycles. The summed E-state index contributed by atoms with van der Waals surface area (Å²) in [6.07, 6.45) is 10.2. The zero-order chi connectivity index (χ0) is 19.7. The highest BCUT2D eigenvalue weighted by molar-refractivity contribution is 7.09. The van der Waals surface area contributed by atoms with Gasteiger partial charge >= 0.3 is 0 Å². The molecule has 2 aliphatic carbocycles. The van der Waals surface area contributed by atoms with Crippen LogP contribution in [0.5, 0.6) is 0 Å². The predicted octanol–water partition coefficient (Wildman–Crippen LogP) is 4.37. The summed E-state index contributed by atoms with van der Waals surface area (Å²) in [7, 11) is 0. The van der Waals surface area contributed by atoms with Gasteiger partial charge in [-0.3, -0.25) is 9.69 Å². The molecule has 1 atom stereocenters. The van der Waals surface area contributed by atoms with Crippen LogP contribution in [0.25, 0.3) is 0 Å². The summed E-state index contributed by atoms with van der Waals surface area (Å²) in [6, 6.07) is 10.8. The van der Waals surface area contributed by atoms with Crippen LogP contribution in [-0.4, -0.2) is 35.4 Å². The number of nitrogens with zero attached hydrogens (tertiary/aromatic N) is 2. The molecule has 1 spiro atoms. The van der Waals surface area contributed by atoms with Crippen LogP contribution in [0, 0.1) is 11.3 Å². The van der Waals surface area contributed by atoms with Crippen molar-refractivity contribution in [1.29, 1.82) is 0 Å². The SMILES string of the molecule is O=C(NCC1(c2ccccc2)CCCC1)[C@H]1CC12CCN(Cc1nccs1)CC2. The van der Waals surface area contributed by atoms with Crippen molar-refractivity contribution in [1.82, 2.24) is 15.2 Å². The number of rotatable bonds is 6. The number of carbonyl (C=O) groups is 1. The monoisotopic (exact) mass is 409 g/mol. The Morgan fingerprint density at radius 1 is 1.14 bits per heavy atom. The van der Waals surface area contributed by atoms with Gasteiger partial charge in [-0.05, 0) is 56.2 Å². The number of piperidine rings is 1. The van der Waals surface area contributed by atoms with Crippen molar-refractivity contribution >= 4 is 17.2 Å². The van der Waals surface area contributed by atoms with Gasteiger partial charge in [-0.1, -0.05) is 43.2 Å². The van der Waals surface area contributed by atoms with E-state index in [1.807, 2.05) is 6.20 Å². The molecule has 0 radical (unpaired) electrons. The highest BCUT2D eigenvalue weighted by Crippen LogP contribution is 2.59. The lowest BCUT2D eigenvalue weighted by atomic mass is 9.78. The molecule has 29 heavy (non-hydrogen) atoms. The third kappa shape index (κ3) is 3.87. The fourth-order valence-corrected chi connectivity index (χ4v) is 6.40. The molecule has 5 heteroatoms. The molecular formula is C24H31N3OS. The number of hydrogen-bond donors (Lipinski definition) is 1. The molecule has 2 heterocycles. The highest BCUT2D eigenvalue weighted by Gasteiger charge is 2.58. The summed E-state index contributed by atoms with van der Waals surface area (Å²) in [5, 5.41) is 6.64. The summed E-state index contributed by atoms with van der Waals surface area (Å²) in [5.41, 5.74) is 1.83. The van der Waals surface area contributed by atoms with Gasteiger partial charge < -0.3 is 5.32 Å². The highest BCUT2D eigenvalue weighted by atomic mass is 32.1. The molecule has 1 saturated heterocycles. The van der Waals surface area contributed by atoms with Gasteiger partial charge in [0, 0.05) is 29.5 Å². The number of amides is 1. The summed E-state index contributed by atoms with van der Waals surface area (Å²) < 4.78 is 0. The molecule has 3 fully saturated rings. The molecule has 4 nitrogen and oxygen atoms in total. The Bertz CT molecular complexity index is 821. The molecule has 0 bridgehead atoms. The minimum atomic E-state index is 0.149. The van der Waals surface area contributed by atoms with Crippen LogP contribution in [0.2, 0.25) is 0 Å².